The molecule has 7 nitrogen and oxygen atoms in total. The van der Waals surface area contributed by atoms with Crippen molar-refractivity contribution in [1.82, 2.24) is 19.9 Å². The Labute approximate surface area is 205 Å². The Morgan fingerprint density at radius 2 is 1.76 bits per heavy atom. The van der Waals surface area contributed by atoms with Crippen LogP contribution < -0.4 is 0 Å². The van der Waals surface area contributed by atoms with Crippen LogP contribution in [0.15, 0.2) is 36.5 Å². The molecule has 34 heavy (non-hydrogen) atoms. The zero-order chi connectivity index (χ0) is 25.3. The number of hydrogen-bond acceptors (Lipinski definition) is 5. The molecule has 0 saturated carbocycles. The lowest BCUT2D eigenvalue weighted by molar-refractivity contribution is 0.000265. The standard InChI is InChI=1S/C26H42N4O3Si/c1-19(20-13-11-10-12-14-20)30-22(17-27-28-30)21-15-16-29(24(31)32-25(2,3)4)18-23(21)33-34(8,9)26(5,6)7/h10-14,17,19,21,23H,15-16,18H2,1-9H3/t19?,21-,23+/m0/s1. The average molecular weight is 487 g/mol. The molecule has 1 aromatic heterocycles. The monoisotopic (exact) mass is 486 g/mol. The lowest BCUT2D eigenvalue weighted by atomic mass is 9.90. The molecular weight excluding hydrogens is 444 g/mol. The molecule has 0 N–H and O–H groups in total. The first-order chi connectivity index (χ1) is 15.7. The number of amides is 1. The van der Waals surface area contributed by atoms with Gasteiger partial charge in [-0.25, -0.2) is 9.48 Å². The van der Waals surface area contributed by atoms with Crippen molar-refractivity contribution >= 4 is 14.4 Å². The zero-order valence-electron chi connectivity index (χ0n) is 22.3. The summed E-state index contributed by atoms with van der Waals surface area (Å²) in [7, 11) is -2.10. The van der Waals surface area contributed by atoms with Crippen molar-refractivity contribution in [2.24, 2.45) is 0 Å². The molecule has 2 heterocycles. The Morgan fingerprint density at radius 3 is 2.35 bits per heavy atom. The number of ether oxygens (including phenoxy) is 1. The second-order valence-electron chi connectivity index (χ2n) is 11.9. The van der Waals surface area contributed by atoms with Crippen LogP contribution in [0.3, 0.4) is 0 Å². The van der Waals surface area contributed by atoms with Gasteiger partial charge in [-0.1, -0.05) is 56.3 Å². The highest BCUT2D eigenvalue weighted by Crippen LogP contribution is 2.41. The summed E-state index contributed by atoms with van der Waals surface area (Å²) in [6.45, 7) is 20.2. The van der Waals surface area contributed by atoms with Crippen LogP contribution in [0.4, 0.5) is 4.79 Å². The smallest absolute Gasteiger partial charge is 0.410 e. The number of aromatic nitrogens is 3. The molecule has 8 heteroatoms. The normalized spacial score (nSPS) is 20.8. The second-order valence-corrected chi connectivity index (χ2v) is 16.7. The fourth-order valence-corrected chi connectivity index (χ4v) is 5.46. The molecule has 0 aliphatic carbocycles. The van der Waals surface area contributed by atoms with Crippen molar-refractivity contribution in [1.29, 1.82) is 0 Å². The van der Waals surface area contributed by atoms with E-state index < -0.39 is 13.9 Å². The average Bonchev–Trinajstić information content (AvgIpc) is 3.21. The maximum atomic E-state index is 12.9. The van der Waals surface area contributed by atoms with Gasteiger partial charge in [-0.3, -0.25) is 0 Å². The quantitative estimate of drug-likeness (QED) is 0.485. The predicted molar refractivity (Wildman–Crippen MR) is 138 cm³/mol. The Morgan fingerprint density at radius 1 is 1.12 bits per heavy atom. The van der Waals surface area contributed by atoms with E-state index in [2.05, 4.69) is 63.2 Å². The summed E-state index contributed by atoms with van der Waals surface area (Å²) in [6, 6.07) is 10.4. The van der Waals surface area contributed by atoms with Crippen LogP contribution in [-0.2, 0) is 9.16 Å². The van der Waals surface area contributed by atoms with Crippen molar-refractivity contribution in [3.63, 3.8) is 0 Å². The first-order valence-electron chi connectivity index (χ1n) is 12.3. The topological polar surface area (TPSA) is 69.5 Å². The summed E-state index contributed by atoms with van der Waals surface area (Å²) in [5, 5.41) is 8.81. The van der Waals surface area contributed by atoms with E-state index in [9.17, 15) is 4.79 Å². The van der Waals surface area contributed by atoms with Gasteiger partial charge in [0.05, 0.1) is 24.0 Å². The van der Waals surface area contributed by atoms with E-state index >= 15 is 0 Å². The molecule has 1 amide bonds. The highest BCUT2D eigenvalue weighted by molar-refractivity contribution is 6.74. The summed E-state index contributed by atoms with van der Waals surface area (Å²) in [5.41, 5.74) is 1.71. The van der Waals surface area contributed by atoms with Crippen LogP contribution >= 0.6 is 0 Å². The van der Waals surface area contributed by atoms with E-state index in [4.69, 9.17) is 9.16 Å². The largest absolute Gasteiger partial charge is 0.444 e. The van der Waals surface area contributed by atoms with Gasteiger partial charge < -0.3 is 14.1 Å². The number of benzene rings is 1. The number of carbonyl (C=O) groups is 1. The number of nitrogens with zero attached hydrogens (tertiary/aromatic N) is 4. The Bertz CT molecular complexity index is 962. The summed E-state index contributed by atoms with van der Waals surface area (Å²) in [4.78, 5) is 14.7. The van der Waals surface area contributed by atoms with Gasteiger partial charge in [0, 0.05) is 19.0 Å². The Kier molecular flexibility index (Phi) is 7.62. The predicted octanol–water partition coefficient (Wildman–Crippen LogP) is 6.00. The fourth-order valence-electron chi connectivity index (χ4n) is 4.11. The summed E-state index contributed by atoms with van der Waals surface area (Å²) >= 11 is 0. The van der Waals surface area contributed by atoms with Crippen molar-refractivity contribution < 1.29 is 14.0 Å². The van der Waals surface area contributed by atoms with Gasteiger partial charge in [-0.05, 0) is 57.8 Å². The third-order valence-corrected chi connectivity index (χ3v) is 11.6. The minimum Gasteiger partial charge on any atom is -0.444 e. The lowest BCUT2D eigenvalue weighted by Gasteiger charge is -2.45. The summed E-state index contributed by atoms with van der Waals surface area (Å²) in [5.74, 6) is 0.0916. The SMILES string of the molecule is CC(c1ccccc1)n1nncc1[C@@H]1CCN(C(=O)OC(C)(C)C)C[C@H]1O[Si](C)(C)C(C)(C)C. The molecule has 3 atom stereocenters. The van der Waals surface area contributed by atoms with Crippen molar-refractivity contribution in [3.8, 4) is 0 Å². The van der Waals surface area contributed by atoms with Gasteiger partial charge >= 0.3 is 6.09 Å². The first kappa shape index (κ1) is 26.4. The number of likely N-dealkylation sites (tertiary alicyclic amines) is 1. The summed E-state index contributed by atoms with van der Waals surface area (Å²) in [6.07, 6.45) is 2.21. The molecule has 1 saturated heterocycles. The van der Waals surface area contributed by atoms with E-state index in [1.54, 1.807) is 4.90 Å². The number of hydrogen-bond donors (Lipinski definition) is 0. The molecule has 1 aliphatic heterocycles. The minimum atomic E-state index is -2.10. The van der Waals surface area contributed by atoms with Gasteiger partial charge in [-0.15, -0.1) is 5.10 Å². The molecule has 3 rings (SSSR count). The van der Waals surface area contributed by atoms with E-state index in [1.807, 2.05) is 49.8 Å². The van der Waals surface area contributed by atoms with Crippen LogP contribution in [0.5, 0.6) is 0 Å². The van der Waals surface area contributed by atoms with E-state index in [0.717, 1.165) is 12.1 Å². The fraction of sp³-hybridized carbons (Fsp3) is 0.654. The highest BCUT2D eigenvalue weighted by atomic mass is 28.4. The van der Waals surface area contributed by atoms with Crippen LogP contribution in [0.25, 0.3) is 0 Å². The van der Waals surface area contributed by atoms with Gasteiger partial charge in [0.15, 0.2) is 8.32 Å². The van der Waals surface area contributed by atoms with Gasteiger partial charge in [0.2, 0.25) is 0 Å². The van der Waals surface area contributed by atoms with Gasteiger partial charge in [0.1, 0.15) is 5.60 Å². The molecule has 1 aliphatic rings. The maximum absolute atomic E-state index is 12.9. The Hall–Kier alpha value is -2.19. The van der Waals surface area contributed by atoms with Crippen LogP contribution in [-0.4, -0.2) is 59.1 Å². The molecule has 1 fully saturated rings. The van der Waals surface area contributed by atoms with Crippen molar-refractivity contribution in [2.75, 3.05) is 13.1 Å². The van der Waals surface area contributed by atoms with E-state index in [-0.39, 0.29) is 29.2 Å². The summed E-state index contributed by atoms with van der Waals surface area (Å²) < 4.78 is 14.7. The lowest BCUT2D eigenvalue weighted by Crippen LogP contribution is -2.53. The van der Waals surface area contributed by atoms with E-state index in [1.165, 1.54) is 5.56 Å². The molecule has 0 radical (unpaired) electrons. The molecule has 1 unspecified atom stereocenters. The van der Waals surface area contributed by atoms with Crippen LogP contribution in [0.2, 0.25) is 18.1 Å². The van der Waals surface area contributed by atoms with Crippen LogP contribution in [0, 0.1) is 0 Å². The minimum absolute atomic E-state index is 0.0520. The highest BCUT2D eigenvalue weighted by Gasteiger charge is 2.44. The molecule has 0 spiro atoms. The first-order valence-corrected chi connectivity index (χ1v) is 15.2. The molecule has 2 aromatic rings. The van der Waals surface area contributed by atoms with Crippen molar-refractivity contribution in [3.05, 3.63) is 47.8 Å². The van der Waals surface area contributed by atoms with E-state index in [0.29, 0.717) is 13.1 Å². The number of rotatable bonds is 5. The van der Waals surface area contributed by atoms with Crippen molar-refractivity contribution in [2.45, 2.75) is 96.7 Å². The number of piperidine rings is 1. The van der Waals surface area contributed by atoms with Crippen LogP contribution in [0.1, 0.15) is 78.1 Å². The van der Waals surface area contributed by atoms with Gasteiger partial charge in [0.25, 0.3) is 0 Å². The molecule has 188 valence electrons. The Balaban J connectivity index is 1.92. The molecule has 0 bridgehead atoms. The third kappa shape index (κ3) is 6.08. The molecular formula is C26H42N4O3Si. The third-order valence-electron chi connectivity index (χ3n) is 7.09. The molecule has 1 aromatic carbocycles. The second kappa shape index (κ2) is 9.82. The van der Waals surface area contributed by atoms with Gasteiger partial charge in [-0.2, -0.15) is 0 Å². The maximum Gasteiger partial charge on any atom is 0.410 e. The number of carbonyl (C=O) groups excluding carboxylic acids is 1. The zero-order valence-corrected chi connectivity index (χ0v) is 23.3.